The molecule has 10 nitrogen and oxygen atoms in total. The Kier molecular flexibility index (Phi) is 8.94. The summed E-state index contributed by atoms with van der Waals surface area (Å²) in [7, 11) is -7.03. The molecule has 5 atom stereocenters. The van der Waals surface area contributed by atoms with Crippen molar-refractivity contribution < 1.29 is 36.1 Å². The fourth-order valence-corrected chi connectivity index (χ4v) is 7.31. The number of halogens is 4. The van der Waals surface area contributed by atoms with Gasteiger partial charge in [0.25, 0.3) is 0 Å². The van der Waals surface area contributed by atoms with Gasteiger partial charge in [-0.2, -0.15) is 13.8 Å². The number of nitrogens with zero attached hydrogens (tertiary/aromatic N) is 2. The predicted octanol–water partition coefficient (Wildman–Crippen LogP) is 6.36. The van der Waals surface area contributed by atoms with E-state index >= 15 is 8.78 Å². The Hall–Kier alpha value is -1.41. The van der Waals surface area contributed by atoms with Crippen molar-refractivity contribution in [1.82, 2.24) is 9.55 Å². The van der Waals surface area contributed by atoms with Crippen LogP contribution >= 0.6 is 31.0 Å². The first-order valence-corrected chi connectivity index (χ1v) is 17.6. The molecule has 16 heteroatoms. The molecular formula is C24H32Cl2F2N3O7PSi. The Morgan fingerprint density at radius 3 is 2.50 bits per heavy atom. The average molecular weight is 642 g/mol. The van der Waals surface area contributed by atoms with Crippen LogP contribution < -0.4 is 11.4 Å². The Labute approximate surface area is 241 Å². The number of hydrogen-bond acceptors (Lipinski definition) is 9. The molecule has 0 unspecified atom stereocenters. The highest BCUT2D eigenvalue weighted by Gasteiger charge is 2.63. The Bertz CT molecular complexity index is 1340. The van der Waals surface area contributed by atoms with E-state index in [9.17, 15) is 9.36 Å². The Morgan fingerprint density at radius 1 is 1.25 bits per heavy atom. The van der Waals surface area contributed by atoms with E-state index in [1.165, 1.54) is 6.07 Å². The van der Waals surface area contributed by atoms with E-state index < -0.39 is 63.9 Å². The quantitative estimate of drug-likeness (QED) is 0.272. The van der Waals surface area contributed by atoms with Crippen LogP contribution in [0.2, 0.25) is 28.2 Å². The zero-order chi connectivity index (χ0) is 29.7. The van der Waals surface area contributed by atoms with E-state index in [0.29, 0.717) is 26.6 Å². The molecule has 2 aromatic rings. The molecule has 0 aliphatic carbocycles. The summed E-state index contributed by atoms with van der Waals surface area (Å²) in [5.41, 5.74) is 5.07. The number of anilines is 1. The van der Waals surface area contributed by atoms with Crippen molar-refractivity contribution in [2.45, 2.75) is 75.8 Å². The lowest BCUT2D eigenvalue weighted by Crippen LogP contribution is -2.52. The summed E-state index contributed by atoms with van der Waals surface area (Å²) < 4.78 is 74.3. The molecule has 1 aromatic heterocycles. The van der Waals surface area contributed by atoms with Crippen molar-refractivity contribution >= 4 is 45.2 Å². The van der Waals surface area contributed by atoms with Crippen molar-refractivity contribution in [1.29, 1.82) is 0 Å². The van der Waals surface area contributed by atoms with E-state index in [4.69, 9.17) is 51.7 Å². The van der Waals surface area contributed by atoms with E-state index in [0.717, 1.165) is 6.20 Å². The van der Waals surface area contributed by atoms with E-state index in [1.54, 1.807) is 31.3 Å². The summed E-state index contributed by atoms with van der Waals surface area (Å²) in [6.45, 7) is 8.68. The van der Waals surface area contributed by atoms with Crippen LogP contribution in [0.3, 0.4) is 0 Å². The molecule has 3 heterocycles. The molecular weight excluding hydrogens is 610 g/mol. The van der Waals surface area contributed by atoms with Gasteiger partial charge in [0.1, 0.15) is 18.0 Å². The first kappa shape index (κ1) is 31.5. The van der Waals surface area contributed by atoms with Crippen molar-refractivity contribution in [3.05, 3.63) is 56.6 Å². The van der Waals surface area contributed by atoms with Crippen LogP contribution in [0.1, 0.15) is 45.1 Å². The largest absolute Gasteiger partial charge is 0.475 e. The van der Waals surface area contributed by atoms with Gasteiger partial charge in [-0.3, -0.25) is 18.1 Å². The number of nitrogen functional groups attached to an aromatic ring is 1. The highest BCUT2D eigenvalue weighted by atomic mass is 35.5. The summed E-state index contributed by atoms with van der Waals surface area (Å²) in [5, 5.41) is 0.290. The highest BCUT2D eigenvalue weighted by Crippen LogP contribution is 2.58. The number of benzene rings is 1. The minimum Gasteiger partial charge on any atom is -0.405 e. The van der Waals surface area contributed by atoms with Crippen LogP contribution in [0.15, 0.2) is 35.3 Å². The van der Waals surface area contributed by atoms with Gasteiger partial charge in [-0.15, -0.1) is 0 Å². The molecule has 4 rings (SSSR count). The fourth-order valence-electron chi connectivity index (χ4n) is 4.08. The van der Waals surface area contributed by atoms with Crippen LogP contribution in [0, 0.1) is 0 Å². The average Bonchev–Trinajstić information content (AvgIpc) is 3.06. The lowest BCUT2D eigenvalue weighted by atomic mass is 10.1. The van der Waals surface area contributed by atoms with E-state index in [2.05, 4.69) is 4.98 Å². The second-order valence-corrected chi connectivity index (χ2v) is 18.5. The van der Waals surface area contributed by atoms with Gasteiger partial charge in [-0.1, -0.05) is 44.0 Å². The summed E-state index contributed by atoms with van der Waals surface area (Å²) in [6.07, 6.45) is -4.69. The van der Waals surface area contributed by atoms with Crippen molar-refractivity contribution in [3.63, 3.8) is 0 Å². The summed E-state index contributed by atoms with van der Waals surface area (Å²) in [6, 6.07) is 5.97. The fraction of sp³-hybridized carbons (Fsp3) is 0.583. The van der Waals surface area contributed by atoms with Gasteiger partial charge in [-0.25, -0.2) is 9.36 Å². The number of aromatic nitrogens is 2. The number of nitrogens with two attached hydrogens (primary N) is 1. The van der Waals surface area contributed by atoms with Crippen molar-refractivity contribution in [3.8, 4) is 0 Å². The molecule has 2 aliphatic rings. The van der Waals surface area contributed by atoms with Crippen LogP contribution in [-0.2, 0) is 27.3 Å². The number of alkyl halides is 2. The van der Waals surface area contributed by atoms with Crippen LogP contribution in [0.5, 0.6) is 0 Å². The third-order valence-corrected chi connectivity index (χ3v) is 13.6. The zero-order valence-electron chi connectivity index (χ0n) is 22.6. The monoisotopic (exact) mass is 641 g/mol. The molecule has 0 saturated carbocycles. The number of hydrogen-bond donors (Lipinski definition) is 1. The lowest BCUT2D eigenvalue weighted by Gasteiger charge is -2.40. The summed E-state index contributed by atoms with van der Waals surface area (Å²) >= 11 is 12.2. The molecule has 0 amide bonds. The number of ether oxygens (including phenoxy) is 1. The van der Waals surface area contributed by atoms with E-state index in [-0.39, 0.29) is 12.4 Å². The third kappa shape index (κ3) is 6.63. The molecule has 2 saturated heterocycles. The van der Waals surface area contributed by atoms with Gasteiger partial charge < -0.3 is 14.9 Å². The normalized spacial score (nSPS) is 29.0. The first-order valence-electron chi connectivity index (χ1n) is 12.5. The minimum atomic E-state index is -4.23. The zero-order valence-corrected chi connectivity index (χ0v) is 26.0. The number of phosphoric acid groups is 1. The van der Waals surface area contributed by atoms with E-state index in [1.807, 2.05) is 20.8 Å². The van der Waals surface area contributed by atoms with Crippen LogP contribution in [0.25, 0.3) is 0 Å². The summed E-state index contributed by atoms with van der Waals surface area (Å²) in [4.78, 5) is 16.0. The molecule has 2 fully saturated rings. The standard InChI is InChI=1S/C24H32Cl2F2N3O7PSi/c1-23(2,3)40(4,5)38-20-18(36-21(24(20,27)28)31-8-6-19(29)30-22(31)32)13-35-39(33)34-9-7-17(37-39)14-10-15(25)12-16(26)11-14/h6,8,10-12,17-18,20-21H,7,9,13H2,1-5H3,(H2,29,30,32)/t17-,18-,20-,21-,39+/m1/s1. The Morgan fingerprint density at radius 2 is 1.90 bits per heavy atom. The second-order valence-electron chi connectivity index (χ2n) is 11.2. The smallest absolute Gasteiger partial charge is 0.405 e. The van der Waals surface area contributed by atoms with Gasteiger partial charge in [0.2, 0.25) is 6.23 Å². The van der Waals surface area contributed by atoms with Crippen LogP contribution in [0.4, 0.5) is 14.6 Å². The maximum absolute atomic E-state index is 16.0. The van der Waals surface area contributed by atoms with Gasteiger partial charge in [-0.05, 0) is 48.0 Å². The van der Waals surface area contributed by atoms with Gasteiger partial charge in [0, 0.05) is 22.7 Å². The predicted molar refractivity (Wildman–Crippen MR) is 148 cm³/mol. The molecule has 0 spiro atoms. The number of rotatable bonds is 7. The molecule has 0 bridgehead atoms. The van der Waals surface area contributed by atoms with Crippen molar-refractivity contribution in [2.75, 3.05) is 18.9 Å². The van der Waals surface area contributed by atoms with Gasteiger partial charge >= 0.3 is 19.4 Å². The first-order chi connectivity index (χ1) is 18.4. The molecule has 2 aliphatic heterocycles. The molecule has 0 radical (unpaired) electrons. The lowest BCUT2D eigenvalue weighted by molar-refractivity contribution is -0.138. The highest BCUT2D eigenvalue weighted by molar-refractivity contribution is 7.48. The molecule has 2 N–H and O–H groups in total. The molecule has 222 valence electrons. The topological polar surface area (TPSA) is 124 Å². The third-order valence-electron chi connectivity index (χ3n) is 7.22. The summed E-state index contributed by atoms with van der Waals surface area (Å²) in [5.74, 6) is -3.83. The number of phosphoric ester groups is 1. The molecule has 40 heavy (non-hydrogen) atoms. The second kappa shape index (κ2) is 11.3. The maximum Gasteiger partial charge on any atom is 0.475 e. The van der Waals surface area contributed by atoms with Gasteiger partial charge in [0.05, 0.1) is 19.3 Å². The SMILES string of the molecule is CC(C)(C)[Si](C)(C)O[C@@H]1[C@@H](CO[P@]2(=O)OCC[C@H](c3cc(Cl)cc(Cl)c3)O2)O[C@@H](n2ccc(N)nc2=O)C1(F)F. The molecule has 1 aromatic carbocycles. The Balaban J connectivity index is 1.60. The van der Waals surface area contributed by atoms with Crippen molar-refractivity contribution in [2.24, 2.45) is 0 Å². The minimum absolute atomic E-state index is 0.00673. The maximum atomic E-state index is 16.0. The van der Waals surface area contributed by atoms with Crippen LogP contribution in [-0.4, -0.2) is 49.2 Å². The van der Waals surface area contributed by atoms with Gasteiger partial charge in [0.15, 0.2) is 8.32 Å².